The van der Waals surface area contributed by atoms with E-state index in [9.17, 15) is 0 Å². The minimum atomic E-state index is 0.530. The Morgan fingerprint density at radius 3 is 2.31 bits per heavy atom. The first-order chi connectivity index (χ1) is 6.22. The Balaban J connectivity index is 2.49. The van der Waals surface area contributed by atoms with Gasteiger partial charge in [-0.05, 0) is 17.7 Å². The predicted molar refractivity (Wildman–Crippen MR) is 55.0 cm³/mol. The molecule has 13 heavy (non-hydrogen) atoms. The molecule has 0 saturated carbocycles. The highest BCUT2D eigenvalue weighted by molar-refractivity contribution is 5.26. The van der Waals surface area contributed by atoms with E-state index in [1.807, 2.05) is 12.1 Å². The third-order valence-corrected chi connectivity index (χ3v) is 1.87. The van der Waals surface area contributed by atoms with Crippen LogP contribution in [0.4, 0.5) is 0 Å². The van der Waals surface area contributed by atoms with Crippen LogP contribution in [-0.2, 0) is 6.54 Å². The van der Waals surface area contributed by atoms with Gasteiger partial charge < -0.3 is 10.1 Å². The van der Waals surface area contributed by atoms with E-state index < -0.39 is 0 Å². The smallest absolute Gasteiger partial charge is 0.118 e. The summed E-state index contributed by atoms with van der Waals surface area (Å²) in [5, 5.41) is 3.36. The van der Waals surface area contributed by atoms with Crippen LogP contribution < -0.4 is 10.1 Å². The molecule has 0 aliphatic rings. The molecule has 0 bridgehead atoms. The summed E-state index contributed by atoms with van der Waals surface area (Å²) in [6, 6.07) is 8.65. The topological polar surface area (TPSA) is 21.3 Å². The molecular formula is C11H17NO. The summed E-state index contributed by atoms with van der Waals surface area (Å²) < 4.78 is 5.07. The zero-order chi connectivity index (χ0) is 9.68. The molecule has 0 heterocycles. The Labute approximate surface area is 79.9 Å². The Morgan fingerprint density at radius 2 is 1.85 bits per heavy atom. The normalized spacial score (nSPS) is 10.5. The van der Waals surface area contributed by atoms with E-state index in [1.165, 1.54) is 5.56 Å². The van der Waals surface area contributed by atoms with E-state index >= 15 is 0 Å². The maximum atomic E-state index is 5.07. The number of hydrogen-bond acceptors (Lipinski definition) is 2. The van der Waals surface area contributed by atoms with Gasteiger partial charge in [0.15, 0.2) is 0 Å². The molecule has 1 aromatic rings. The van der Waals surface area contributed by atoms with Gasteiger partial charge in [-0.2, -0.15) is 0 Å². The summed E-state index contributed by atoms with van der Waals surface area (Å²) in [6.45, 7) is 5.20. The lowest BCUT2D eigenvalue weighted by Crippen LogP contribution is -2.21. The third-order valence-electron chi connectivity index (χ3n) is 1.87. The summed E-state index contributed by atoms with van der Waals surface area (Å²) in [5.41, 5.74) is 1.29. The van der Waals surface area contributed by atoms with Gasteiger partial charge in [0.25, 0.3) is 0 Å². The van der Waals surface area contributed by atoms with Crippen LogP contribution in [0.2, 0.25) is 0 Å². The fourth-order valence-corrected chi connectivity index (χ4v) is 1.07. The predicted octanol–water partition coefficient (Wildman–Crippen LogP) is 2.19. The van der Waals surface area contributed by atoms with E-state index in [4.69, 9.17) is 4.74 Å². The first-order valence-electron chi connectivity index (χ1n) is 4.58. The lowest BCUT2D eigenvalue weighted by Gasteiger charge is -2.08. The van der Waals surface area contributed by atoms with Crippen molar-refractivity contribution < 1.29 is 4.74 Å². The molecule has 1 aromatic carbocycles. The zero-order valence-electron chi connectivity index (χ0n) is 8.50. The van der Waals surface area contributed by atoms with Crippen molar-refractivity contribution in [2.24, 2.45) is 0 Å². The number of benzene rings is 1. The fraction of sp³-hybridized carbons (Fsp3) is 0.455. The lowest BCUT2D eigenvalue weighted by molar-refractivity contribution is 0.414. The SMILES string of the molecule is COc1ccc(CNC(C)C)cc1. The highest BCUT2D eigenvalue weighted by Crippen LogP contribution is 2.10. The van der Waals surface area contributed by atoms with Crippen molar-refractivity contribution in [3.8, 4) is 5.75 Å². The number of ether oxygens (including phenoxy) is 1. The molecule has 0 amide bonds. The standard InChI is InChI=1S/C11H17NO/c1-9(2)12-8-10-4-6-11(13-3)7-5-10/h4-7,9,12H,8H2,1-3H3. The summed E-state index contributed by atoms with van der Waals surface area (Å²) in [4.78, 5) is 0. The lowest BCUT2D eigenvalue weighted by atomic mass is 10.2. The molecule has 0 unspecified atom stereocenters. The molecule has 0 atom stereocenters. The second-order valence-electron chi connectivity index (χ2n) is 3.38. The van der Waals surface area contributed by atoms with Crippen LogP contribution in [0, 0.1) is 0 Å². The Morgan fingerprint density at radius 1 is 1.23 bits per heavy atom. The van der Waals surface area contributed by atoms with Gasteiger partial charge in [0.1, 0.15) is 5.75 Å². The summed E-state index contributed by atoms with van der Waals surface area (Å²) in [6.07, 6.45) is 0. The molecule has 0 aliphatic carbocycles. The average molecular weight is 179 g/mol. The summed E-state index contributed by atoms with van der Waals surface area (Å²) in [7, 11) is 1.68. The first kappa shape index (κ1) is 10.1. The molecule has 1 N–H and O–H groups in total. The van der Waals surface area contributed by atoms with Crippen molar-refractivity contribution in [1.82, 2.24) is 5.32 Å². The fourth-order valence-electron chi connectivity index (χ4n) is 1.07. The molecule has 0 radical (unpaired) electrons. The Bertz CT molecular complexity index is 241. The number of rotatable bonds is 4. The van der Waals surface area contributed by atoms with Crippen molar-refractivity contribution in [3.05, 3.63) is 29.8 Å². The molecule has 0 saturated heterocycles. The van der Waals surface area contributed by atoms with Gasteiger partial charge in [0, 0.05) is 12.6 Å². The van der Waals surface area contributed by atoms with Crippen molar-refractivity contribution in [3.63, 3.8) is 0 Å². The van der Waals surface area contributed by atoms with Crippen LogP contribution >= 0.6 is 0 Å². The number of hydrogen-bond donors (Lipinski definition) is 1. The van der Waals surface area contributed by atoms with Crippen LogP contribution in [0.1, 0.15) is 19.4 Å². The van der Waals surface area contributed by atoms with Gasteiger partial charge in [-0.25, -0.2) is 0 Å². The minimum Gasteiger partial charge on any atom is -0.497 e. The van der Waals surface area contributed by atoms with E-state index in [-0.39, 0.29) is 0 Å². The molecule has 0 spiro atoms. The quantitative estimate of drug-likeness (QED) is 0.765. The van der Waals surface area contributed by atoms with E-state index in [1.54, 1.807) is 7.11 Å². The minimum absolute atomic E-state index is 0.530. The zero-order valence-corrected chi connectivity index (χ0v) is 8.50. The highest BCUT2D eigenvalue weighted by atomic mass is 16.5. The Kier molecular flexibility index (Phi) is 3.77. The summed E-state index contributed by atoms with van der Waals surface area (Å²) in [5.74, 6) is 0.910. The second-order valence-corrected chi connectivity index (χ2v) is 3.38. The van der Waals surface area contributed by atoms with Gasteiger partial charge >= 0.3 is 0 Å². The van der Waals surface area contributed by atoms with E-state index in [2.05, 4.69) is 31.3 Å². The van der Waals surface area contributed by atoms with Crippen LogP contribution in [0.3, 0.4) is 0 Å². The van der Waals surface area contributed by atoms with Crippen molar-refractivity contribution >= 4 is 0 Å². The molecule has 0 aliphatic heterocycles. The van der Waals surface area contributed by atoms with Gasteiger partial charge in [0.05, 0.1) is 7.11 Å². The largest absolute Gasteiger partial charge is 0.497 e. The van der Waals surface area contributed by atoms with Crippen molar-refractivity contribution in [2.45, 2.75) is 26.4 Å². The summed E-state index contributed by atoms with van der Waals surface area (Å²) >= 11 is 0. The second kappa shape index (κ2) is 4.87. The molecule has 72 valence electrons. The molecule has 0 aromatic heterocycles. The van der Waals surface area contributed by atoms with E-state index in [0.29, 0.717) is 6.04 Å². The van der Waals surface area contributed by atoms with Crippen LogP contribution in [0.25, 0.3) is 0 Å². The third kappa shape index (κ3) is 3.47. The molecule has 2 nitrogen and oxygen atoms in total. The van der Waals surface area contributed by atoms with Crippen LogP contribution in [-0.4, -0.2) is 13.2 Å². The molecule has 0 fully saturated rings. The number of nitrogens with one attached hydrogen (secondary N) is 1. The maximum absolute atomic E-state index is 5.07. The molecule has 2 heteroatoms. The highest BCUT2D eigenvalue weighted by Gasteiger charge is 1.95. The van der Waals surface area contributed by atoms with Crippen LogP contribution in [0.5, 0.6) is 5.75 Å². The average Bonchev–Trinajstić information content (AvgIpc) is 2.15. The van der Waals surface area contributed by atoms with Crippen LogP contribution in [0.15, 0.2) is 24.3 Å². The first-order valence-corrected chi connectivity index (χ1v) is 4.58. The van der Waals surface area contributed by atoms with Gasteiger partial charge in [-0.15, -0.1) is 0 Å². The Hall–Kier alpha value is -1.02. The molecular weight excluding hydrogens is 162 g/mol. The molecule has 1 rings (SSSR count). The monoisotopic (exact) mass is 179 g/mol. The van der Waals surface area contributed by atoms with E-state index in [0.717, 1.165) is 12.3 Å². The number of methoxy groups -OCH3 is 1. The van der Waals surface area contributed by atoms with Gasteiger partial charge in [-0.1, -0.05) is 26.0 Å². The van der Waals surface area contributed by atoms with Gasteiger partial charge in [0.2, 0.25) is 0 Å². The van der Waals surface area contributed by atoms with Gasteiger partial charge in [-0.3, -0.25) is 0 Å². The van der Waals surface area contributed by atoms with Crippen molar-refractivity contribution in [2.75, 3.05) is 7.11 Å². The maximum Gasteiger partial charge on any atom is 0.118 e. The van der Waals surface area contributed by atoms with Crippen molar-refractivity contribution in [1.29, 1.82) is 0 Å².